The Hall–Kier alpha value is -2.96. The van der Waals surface area contributed by atoms with Crippen molar-refractivity contribution in [2.75, 3.05) is 11.1 Å². The second kappa shape index (κ2) is 5.35. The molecule has 0 heterocycles. The molecule has 0 aliphatic rings. The van der Waals surface area contributed by atoms with Crippen molar-refractivity contribution in [3.8, 4) is 0 Å². The molecule has 0 fully saturated rings. The number of nitrogen functional groups attached to an aromatic ring is 1. The molecule has 0 atom stereocenters. The van der Waals surface area contributed by atoms with E-state index in [0.717, 1.165) is 6.07 Å². The number of hydrogen-bond acceptors (Lipinski definition) is 4. The number of nitro groups is 1. The van der Waals surface area contributed by atoms with Crippen molar-refractivity contribution >= 4 is 23.0 Å². The van der Waals surface area contributed by atoms with Crippen molar-refractivity contribution in [3.63, 3.8) is 0 Å². The molecule has 0 bridgehead atoms. The van der Waals surface area contributed by atoms with Crippen LogP contribution in [0.3, 0.4) is 0 Å². The number of nitrogens with zero attached hydrogens (tertiary/aromatic N) is 1. The Morgan fingerprint density at radius 1 is 1.20 bits per heavy atom. The van der Waals surface area contributed by atoms with Gasteiger partial charge in [-0.25, -0.2) is 4.39 Å². The van der Waals surface area contributed by atoms with E-state index in [-0.39, 0.29) is 16.9 Å². The van der Waals surface area contributed by atoms with Gasteiger partial charge in [0.1, 0.15) is 11.5 Å². The van der Waals surface area contributed by atoms with Crippen molar-refractivity contribution in [2.24, 2.45) is 0 Å². The fraction of sp³-hybridized carbons (Fsp3) is 0. The van der Waals surface area contributed by atoms with Crippen LogP contribution in [0.1, 0.15) is 10.4 Å². The molecule has 2 aromatic carbocycles. The zero-order valence-electron chi connectivity index (χ0n) is 10.2. The number of amides is 1. The van der Waals surface area contributed by atoms with Crippen LogP contribution in [0.2, 0.25) is 0 Å². The Balaban J connectivity index is 2.23. The van der Waals surface area contributed by atoms with Gasteiger partial charge in [-0.1, -0.05) is 0 Å². The summed E-state index contributed by atoms with van der Waals surface area (Å²) in [4.78, 5) is 22.0. The van der Waals surface area contributed by atoms with Crippen LogP contribution in [0.4, 0.5) is 21.5 Å². The number of nitrogens with one attached hydrogen (secondary N) is 1. The van der Waals surface area contributed by atoms with Gasteiger partial charge in [0, 0.05) is 17.3 Å². The smallest absolute Gasteiger partial charge is 0.292 e. The van der Waals surface area contributed by atoms with E-state index in [1.54, 1.807) is 0 Å². The molecule has 0 aliphatic carbocycles. The van der Waals surface area contributed by atoms with E-state index in [1.165, 1.54) is 36.4 Å². The fourth-order valence-electron chi connectivity index (χ4n) is 1.58. The molecule has 0 spiro atoms. The first kappa shape index (κ1) is 13.5. The third-order valence-electron chi connectivity index (χ3n) is 2.59. The Labute approximate surface area is 113 Å². The van der Waals surface area contributed by atoms with E-state index in [2.05, 4.69) is 5.32 Å². The van der Waals surface area contributed by atoms with Crippen LogP contribution in [0.5, 0.6) is 0 Å². The second-order valence-corrected chi connectivity index (χ2v) is 3.99. The number of nitro benzene ring substituents is 1. The average molecular weight is 275 g/mol. The maximum absolute atomic E-state index is 12.7. The number of anilines is 2. The van der Waals surface area contributed by atoms with Crippen LogP contribution in [0, 0.1) is 15.9 Å². The second-order valence-electron chi connectivity index (χ2n) is 3.99. The molecule has 3 N–H and O–H groups in total. The van der Waals surface area contributed by atoms with E-state index in [1.807, 2.05) is 0 Å². The highest BCUT2D eigenvalue weighted by molar-refractivity contribution is 6.05. The van der Waals surface area contributed by atoms with Crippen LogP contribution >= 0.6 is 0 Å². The minimum atomic E-state index is -0.663. The summed E-state index contributed by atoms with van der Waals surface area (Å²) in [5, 5.41) is 13.2. The molecular weight excluding hydrogens is 265 g/mol. The monoisotopic (exact) mass is 275 g/mol. The van der Waals surface area contributed by atoms with Crippen LogP contribution < -0.4 is 11.1 Å². The summed E-state index contributed by atoms with van der Waals surface area (Å²) in [7, 11) is 0. The van der Waals surface area contributed by atoms with Gasteiger partial charge in [0.05, 0.1) is 4.92 Å². The van der Waals surface area contributed by atoms with Crippen molar-refractivity contribution in [3.05, 3.63) is 64.0 Å². The van der Waals surface area contributed by atoms with Gasteiger partial charge in [-0.2, -0.15) is 0 Å². The Morgan fingerprint density at radius 2 is 1.85 bits per heavy atom. The van der Waals surface area contributed by atoms with E-state index in [4.69, 9.17) is 5.73 Å². The first-order chi connectivity index (χ1) is 9.47. The molecule has 2 aromatic rings. The van der Waals surface area contributed by atoms with Gasteiger partial charge in [0.2, 0.25) is 0 Å². The number of carbonyl (C=O) groups is 1. The van der Waals surface area contributed by atoms with Crippen LogP contribution in [0.15, 0.2) is 42.5 Å². The lowest BCUT2D eigenvalue weighted by Gasteiger charge is -2.05. The molecule has 0 aliphatic heterocycles. The van der Waals surface area contributed by atoms with Crippen LogP contribution in [-0.4, -0.2) is 10.8 Å². The summed E-state index contributed by atoms with van der Waals surface area (Å²) in [5.74, 6) is -0.967. The lowest BCUT2D eigenvalue weighted by Crippen LogP contribution is -2.12. The molecular formula is C13H10FN3O3. The highest BCUT2D eigenvalue weighted by Crippen LogP contribution is 2.22. The Kier molecular flexibility index (Phi) is 3.60. The maximum atomic E-state index is 12.7. The summed E-state index contributed by atoms with van der Waals surface area (Å²) in [6, 6.07) is 8.92. The number of hydrogen-bond donors (Lipinski definition) is 2. The largest absolute Gasteiger partial charge is 0.393 e. The minimum Gasteiger partial charge on any atom is -0.393 e. The number of nitrogens with two attached hydrogens (primary N) is 1. The van der Waals surface area contributed by atoms with Gasteiger partial charge in [0.25, 0.3) is 11.6 Å². The van der Waals surface area contributed by atoms with Gasteiger partial charge in [-0.05, 0) is 36.4 Å². The van der Waals surface area contributed by atoms with Crippen molar-refractivity contribution in [1.82, 2.24) is 0 Å². The molecule has 0 saturated carbocycles. The molecule has 0 radical (unpaired) electrons. The summed E-state index contributed by atoms with van der Waals surface area (Å²) in [5.41, 5.74) is 5.57. The zero-order chi connectivity index (χ0) is 14.7. The number of carbonyl (C=O) groups excluding carboxylic acids is 1. The summed E-state index contributed by atoms with van der Waals surface area (Å²) >= 11 is 0. The van der Waals surface area contributed by atoms with E-state index < -0.39 is 16.6 Å². The van der Waals surface area contributed by atoms with Crippen molar-refractivity contribution in [2.45, 2.75) is 0 Å². The van der Waals surface area contributed by atoms with Gasteiger partial charge < -0.3 is 11.1 Å². The molecule has 0 saturated heterocycles. The number of benzene rings is 2. The first-order valence-corrected chi connectivity index (χ1v) is 5.58. The van der Waals surface area contributed by atoms with Gasteiger partial charge in [-0.3, -0.25) is 14.9 Å². The molecule has 0 aromatic heterocycles. The van der Waals surface area contributed by atoms with Gasteiger partial charge in [0.15, 0.2) is 0 Å². The molecule has 6 nitrogen and oxygen atoms in total. The lowest BCUT2D eigenvalue weighted by atomic mass is 10.1. The van der Waals surface area contributed by atoms with Crippen LogP contribution in [-0.2, 0) is 0 Å². The predicted octanol–water partition coefficient (Wildman–Crippen LogP) is 2.57. The van der Waals surface area contributed by atoms with Crippen LogP contribution in [0.25, 0.3) is 0 Å². The zero-order valence-corrected chi connectivity index (χ0v) is 10.2. The highest BCUT2D eigenvalue weighted by Gasteiger charge is 2.15. The molecule has 2 rings (SSSR count). The number of rotatable bonds is 3. The van der Waals surface area contributed by atoms with E-state index in [0.29, 0.717) is 5.69 Å². The first-order valence-electron chi connectivity index (χ1n) is 5.58. The molecule has 102 valence electrons. The Morgan fingerprint density at radius 3 is 2.45 bits per heavy atom. The third kappa shape index (κ3) is 2.89. The van der Waals surface area contributed by atoms with Crippen molar-refractivity contribution in [1.29, 1.82) is 0 Å². The van der Waals surface area contributed by atoms with E-state index in [9.17, 15) is 19.3 Å². The Bertz CT molecular complexity index is 671. The molecule has 1 amide bonds. The summed E-state index contributed by atoms with van der Waals surface area (Å²) in [6.07, 6.45) is 0. The standard InChI is InChI=1S/C13H10FN3O3/c14-9-2-4-10(5-3-9)16-13(18)8-1-6-11(15)12(7-8)17(19)20/h1-7H,15H2,(H,16,18). The number of halogens is 1. The molecule has 7 heteroatoms. The predicted molar refractivity (Wildman–Crippen MR) is 71.9 cm³/mol. The highest BCUT2D eigenvalue weighted by atomic mass is 19.1. The minimum absolute atomic E-state index is 0.0201. The quantitative estimate of drug-likeness (QED) is 0.511. The fourth-order valence-corrected chi connectivity index (χ4v) is 1.58. The maximum Gasteiger partial charge on any atom is 0.292 e. The molecule has 20 heavy (non-hydrogen) atoms. The molecule has 0 unspecified atom stereocenters. The van der Waals surface area contributed by atoms with Gasteiger partial charge >= 0.3 is 0 Å². The third-order valence-corrected chi connectivity index (χ3v) is 2.59. The average Bonchev–Trinajstić information content (AvgIpc) is 2.41. The normalized spacial score (nSPS) is 10.1. The summed E-state index contributed by atoms with van der Waals surface area (Å²) in [6.45, 7) is 0. The lowest BCUT2D eigenvalue weighted by molar-refractivity contribution is -0.383. The van der Waals surface area contributed by atoms with E-state index >= 15 is 0 Å². The summed E-state index contributed by atoms with van der Waals surface area (Å²) < 4.78 is 12.7. The SMILES string of the molecule is Nc1ccc(C(=O)Nc2ccc(F)cc2)cc1[N+](=O)[O-]. The van der Waals surface area contributed by atoms with Crippen molar-refractivity contribution < 1.29 is 14.1 Å². The topological polar surface area (TPSA) is 98.3 Å². The van der Waals surface area contributed by atoms with Gasteiger partial charge in [-0.15, -0.1) is 0 Å².